The number of imide groups is 1. The van der Waals surface area contributed by atoms with Crippen molar-refractivity contribution in [1.29, 1.82) is 0 Å². The average Bonchev–Trinajstić information content (AvgIpc) is 2.77. The zero-order chi connectivity index (χ0) is 17.7. The van der Waals surface area contributed by atoms with Crippen molar-refractivity contribution in [1.82, 2.24) is 15.5 Å². The lowest BCUT2D eigenvalue weighted by Gasteiger charge is -2.30. The van der Waals surface area contributed by atoms with Gasteiger partial charge in [-0.15, -0.1) is 6.58 Å². The summed E-state index contributed by atoms with van der Waals surface area (Å²) in [6.07, 6.45) is 4.43. The molecular formula is C16H23N3O5. The molecule has 2 N–H and O–H groups in total. The molecule has 1 saturated carbocycles. The van der Waals surface area contributed by atoms with Gasteiger partial charge >= 0.3 is 12.0 Å². The molecule has 1 aliphatic carbocycles. The smallest absolute Gasteiger partial charge is 0.327 e. The van der Waals surface area contributed by atoms with Crippen LogP contribution < -0.4 is 10.6 Å². The fraction of sp³-hybridized carbons (Fsp3) is 0.625. The van der Waals surface area contributed by atoms with Crippen LogP contribution in [0.3, 0.4) is 0 Å². The van der Waals surface area contributed by atoms with Gasteiger partial charge in [0.15, 0.2) is 6.10 Å². The van der Waals surface area contributed by atoms with E-state index in [0.717, 1.165) is 24.2 Å². The minimum absolute atomic E-state index is 0.260. The summed E-state index contributed by atoms with van der Waals surface area (Å²) in [6, 6.07) is -0.581. The number of hydrogen-bond donors (Lipinski definition) is 2. The third kappa shape index (κ3) is 3.74. The molecule has 1 aliphatic heterocycles. The van der Waals surface area contributed by atoms with Crippen molar-refractivity contribution in [3.05, 3.63) is 12.7 Å². The predicted octanol–water partition coefficient (Wildman–Crippen LogP) is 0.475. The van der Waals surface area contributed by atoms with Crippen molar-refractivity contribution >= 4 is 23.8 Å². The molecule has 0 radical (unpaired) electrons. The molecule has 1 atom stereocenters. The summed E-state index contributed by atoms with van der Waals surface area (Å²) in [5.74, 6) is -1.65. The minimum Gasteiger partial charge on any atom is -0.451 e. The third-order valence-corrected chi connectivity index (χ3v) is 4.34. The van der Waals surface area contributed by atoms with Crippen molar-refractivity contribution in [3.8, 4) is 0 Å². The second-order valence-electron chi connectivity index (χ2n) is 6.13. The molecule has 1 heterocycles. The number of urea groups is 1. The van der Waals surface area contributed by atoms with Crippen LogP contribution in [0.25, 0.3) is 0 Å². The second kappa shape index (κ2) is 7.46. The number of esters is 1. The maximum atomic E-state index is 12.5. The molecule has 0 aromatic rings. The van der Waals surface area contributed by atoms with Gasteiger partial charge in [-0.1, -0.05) is 25.3 Å². The Morgan fingerprint density at radius 2 is 2.04 bits per heavy atom. The Morgan fingerprint density at radius 1 is 1.38 bits per heavy atom. The highest BCUT2D eigenvalue weighted by atomic mass is 16.5. The first-order chi connectivity index (χ1) is 11.4. The standard InChI is InChI=1S/C16H23N3O5/c1-3-9-17-13(21)11(2)24-12(20)10-19-14(22)16(18-15(19)23)7-5-4-6-8-16/h3,11H,1,4-10H2,2H3,(H,17,21)(H,18,23). The van der Waals surface area contributed by atoms with Gasteiger partial charge < -0.3 is 15.4 Å². The summed E-state index contributed by atoms with van der Waals surface area (Å²) >= 11 is 0. The molecule has 8 nitrogen and oxygen atoms in total. The molecule has 132 valence electrons. The van der Waals surface area contributed by atoms with Crippen LogP contribution >= 0.6 is 0 Å². The topological polar surface area (TPSA) is 105 Å². The van der Waals surface area contributed by atoms with Gasteiger partial charge in [-0.2, -0.15) is 0 Å². The Kier molecular flexibility index (Phi) is 5.58. The highest BCUT2D eigenvalue weighted by Gasteiger charge is 2.51. The lowest BCUT2D eigenvalue weighted by molar-refractivity contribution is -0.156. The van der Waals surface area contributed by atoms with Crippen LogP contribution in [0.4, 0.5) is 4.79 Å². The summed E-state index contributed by atoms with van der Waals surface area (Å²) in [6.45, 7) is 4.66. The summed E-state index contributed by atoms with van der Waals surface area (Å²) in [5, 5.41) is 5.22. The van der Waals surface area contributed by atoms with Gasteiger partial charge in [0.05, 0.1) is 0 Å². The predicted molar refractivity (Wildman–Crippen MR) is 84.8 cm³/mol. The van der Waals surface area contributed by atoms with Crippen LogP contribution in [0.15, 0.2) is 12.7 Å². The highest BCUT2D eigenvalue weighted by Crippen LogP contribution is 2.33. The zero-order valence-corrected chi connectivity index (χ0v) is 13.8. The number of carbonyl (C=O) groups excluding carboxylic acids is 4. The van der Waals surface area contributed by atoms with E-state index in [4.69, 9.17) is 4.74 Å². The normalized spacial score (nSPS) is 20.5. The van der Waals surface area contributed by atoms with E-state index in [1.54, 1.807) is 0 Å². The van der Waals surface area contributed by atoms with Gasteiger partial charge in [-0.05, 0) is 19.8 Å². The van der Waals surface area contributed by atoms with E-state index in [-0.39, 0.29) is 12.5 Å². The number of hydrogen-bond acceptors (Lipinski definition) is 5. The van der Waals surface area contributed by atoms with Crippen LogP contribution in [0, 0.1) is 0 Å². The zero-order valence-electron chi connectivity index (χ0n) is 13.8. The number of carbonyl (C=O) groups is 4. The van der Waals surface area contributed by atoms with Crippen LogP contribution in [0.2, 0.25) is 0 Å². The number of nitrogens with one attached hydrogen (secondary N) is 2. The van der Waals surface area contributed by atoms with Crippen LogP contribution in [0.1, 0.15) is 39.0 Å². The molecule has 1 spiro atoms. The van der Waals surface area contributed by atoms with E-state index in [2.05, 4.69) is 17.2 Å². The average molecular weight is 337 g/mol. The van der Waals surface area contributed by atoms with Gasteiger partial charge in [-0.3, -0.25) is 19.3 Å². The summed E-state index contributed by atoms with van der Waals surface area (Å²) in [7, 11) is 0. The lowest BCUT2D eigenvalue weighted by atomic mass is 9.82. The highest BCUT2D eigenvalue weighted by molar-refractivity contribution is 6.08. The van der Waals surface area contributed by atoms with Crippen LogP contribution in [-0.4, -0.2) is 53.4 Å². The van der Waals surface area contributed by atoms with Crippen LogP contribution in [0.5, 0.6) is 0 Å². The van der Waals surface area contributed by atoms with E-state index in [9.17, 15) is 19.2 Å². The van der Waals surface area contributed by atoms with Crippen molar-refractivity contribution in [2.75, 3.05) is 13.1 Å². The first-order valence-corrected chi connectivity index (χ1v) is 8.12. The van der Waals surface area contributed by atoms with Crippen molar-refractivity contribution in [2.45, 2.75) is 50.7 Å². The number of nitrogens with zero attached hydrogens (tertiary/aromatic N) is 1. The molecule has 0 bridgehead atoms. The number of amides is 4. The molecule has 1 unspecified atom stereocenters. The minimum atomic E-state index is -1.01. The lowest BCUT2D eigenvalue weighted by Crippen LogP contribution is -2.48. The molecule has 1 saturated heterocycles. The Hall–Kier alpha value is -2.38. The van der Waals surface area contributed by atoms with E-state index in [1.807, 2.05) is 0 Å². The maximum absolute atomic E-state index is 12.5. The summed E-state index contributed by atoms with van der Waals surface area (Å²) in [4.78, 5) is 49.1. The number of ether oxygens (including phenoxy) is 1. The Balaban J connectivity index is 1.91. The monoisotopic (exact) mass is 337 g/mol. The Morgan fingerprint density at radius 3 is 2.67 bits per heavy atom. The summed E-state index contributed by atoms with van der Waals surface area (Å²) < 4.78 is 4.98. The molecule has 0 aromatic heterocycles. The van der Waals surface area contributed by atoms with Gasteiger partial charge in [0.2, 0.25) is 0 Å². The van der Waals surface area contributed by atoms with E-state index in [0.29, 0.717) is 12.8 Å². The van der Waals surface area contributed by atoms with Gasteiger partial charge in [0, 0.05) is 6.54 Å². The van der Waals surface area contributed by atoms with Gasteiger partial charge in [-0.25, -0.2) is 4.79 Å². The fourth-order valence-electron chi connectivity index (χ4n) is 3.05. The molecule has 2 fully saturated rings. The van der Waals surface area contributed by atoms with Crippen molar-refractivity contribution < 1.29 is 23.9 Å². The van der Waals surface area contributed by atoms with Crippen LogP contribution in [-0.2, 0) is 19.1 Å². The number of rotatable bonds is 6. The maximum Gasteiger partial charge on any atom is 0.327 e. The molecule has 8 heteroatoms. The molecule has 2 rings (SSSR count). The SMILES string of the molecule is C=CCNC(=O)C(C)OC(=O)CN1C(=O)NC2(CCCCC2)C1=O. The van der Waals surface area contributed by atoms with Crippen molar-refractivity contribution in [3.63, 3.8) is 0 Å². The molecule has 2 aliphatic rings. The second-order valence-corrected chi connectivity index (χ2v) is 6.13. The fourth-order valence-corrected chi connectivity index (χ4v) is 3.05. The van der Waals surface area contributed by atoms with E-state index < -0.39 is 36.1 Å². The Bertz CT molecular complexity index is 554. The molecule has 0 aromatic carbocycles. The third-order valence-electron chi connectivity index (χ3n) is 4.34. The molecule has 4 amide bonds. The van der Waals surface area contributed by atoms with Crippen molar-refractivity contribution in [2.24, 2.45) is 0 Å². The van der Waals surface area contributed by atoms with Gasteiger partial charge in [0.1, 0.15) is 12.1 Å². The van der Waals surface area contributed by atoms with E-state index >= 15 is 0 Å². The van der Waals surface area contributed by atoms with E-state index in [1.165, 1.54) is 13.0 Å². The molecule has 24 heavy (non-hydrogen) atoms. The first-order valence-electron chi connectivity index (χ1n) is 8.12. The quantitative estimate of drug-likeness (QED) is 0.417. The summed E-state index contributed by atoms with van der Waals surface area (Å²) in [5.41, 5.74) is -0.872. The first kappa shape index (κ1) is 18.0. The molecular weight excluding hydrogens is 314 g/mol. The Labute approximate surface area is 140 Å². The largest absolute Gasteiger partial charge is 0.451 e. The van der Waals surface area contributed by atoms with Gasteiger partial charge in [0.25, 0.3) is 11.8 Å².